The van der Waals surface area contributed by atoms with Crippen molar-refractivity contribution in [2.45, 2.75) is 75.8 Å². The van der Waals surface area contributed by atoms with E-state index in [4.69, 9.17) is 16.3 Å². The molecule has 1 aromatic carbocycles. The van der Waals surface area contributed by atoms with E-state index in [-0.39, 0.29) is 40.1 Å². The molecular formula is C22H31ClN2O5S. The van der Waals surface area contributed by atoms with Crippen molar-refractivity contribution in [3.63, 3.8) is 0 Å². The van der Waals surface area contributed by atoms with Crippen LogP contribution in [0.1, 0.15) is 69.2 Å². The lowest BCUT2D eigenvalue weighted by atomic mass is 9.97. The van der Waals surface area contributed by atoms with E-state index in [0.717, 1.165) is 44.9 Å². The molecule has 2 saturated heterocycles. The number of likely N-dealkylation sites (tertiary alicyclic amines) is 1. The van der Waals surface area contributed by atoms with Gasteiger partial charge in [0, 0.05) is 25.2 Å². The molecule has 0 aliphatic carbocycles. The van der Waals surface area contributed by atoms with Crippen molar-refractivity contribution in [2.24, 2.45) is 0 Å². The Balaban J connectivity index is 1.71. The monoisotopic (exact) mass is 470 g/mol. The minimum atomic E-state index is -3.82. The van der Waals surface area contributed by atoms with E-state index in [2.05, 4.69) is 0 Å². The summed E-state index contributed by atoms with van der Waals surface area (Å²) in [6.45, 7) is 4.50. The first kappa shape index (κ1) is 24.0. The zero-order chi connectivity index (χ0) is 22.6. The molecule has 0 bridgehead atoms. The summed E-state index contributed by atoms with van der Waals surface area (Å²) in [5, 5.41) is 0.0628. The highest BCUT2D eigenvalue weighted by molar-refractivity contribution is 7.89. The number of rotatable bonds is 5. The molecule has 1 aromatic rings. The third kappa shape index (κ3) is 5.59. The number of carbonyl (C=O) groups is 2. The maximum atomic E-state index is 13.1. The van der Waals surface area contributed by atoms with Crippen LogP contribution in [-0.2, 0) is 19.6 Å². The molecule has 0 saturated carbocycles. The molecule has 2 heterocycles. The number of ether oxygens (including phenoxy) is 1. The third-order valence-corrected chi connectivity index (χ3v) is 8.54. The predicted molar refractivity (Wildman–Crippen MR) is 119 cm³/mol. The standard InChI is InChI=1S/C22H31ClN2O5S/c1-16-8-7-9-17(2)25(16)21(26)15-30-22(27)18-10-11-19(23)20(14-18)31(28,29)24-12-5-3-4-6-13-24/h10-11,14,16-17H,3-9,12-13,15H2,1-2H3/t16-,17+. The van der Waals surface area contributed by atoms with E-state index in [1.54, 1.807) is 4.90 Å². The summed E-state index contributed by atoms with van der Waals surface area (Å²) < 4.78 is 32.9. The minimum absolute atomic E-state index is 0.0605. The summed E-state index contributed by atoms with van der Waals surface area (Å²) in [7, 11) is -3.82. The lowest BCUT2D eigenvalue weighted by Gasteiger charge is -2.38. The zero-order valence-corrected chi connectivity index (χ0v) is 19.8. The number of esters is 1. The Hall–Kier alpha value is -1.64. The van der Waals surface area contributed by atoms with Gasteiger partial charge in [0.2, 0.25) is 10.0 Å². The second kappa shape index (κ2) is 10.3. The molecule has 2 atom stereocenters. The molecule has 0 spiro atoms. The van der Waals surface area contributed by atoms with Gasteiger partial charge in [-0.3, -0.25) is 4.79 Å². The second-order valence-corrected chi connectivity index (χ2v) is 10.8. The molecule has 0 N–H and O–H groups in total. The minimum Gasteiger partial charge on any atom is -0.452 e. The Kier molecular flexibility index (Phi) is 7.99. The van der Waals surface area contributed by atoms with E-state index >= 15 is 0 Å². The van der Waals surface area contributed by atoms with Gasteiger partial charge in [0.05, 0.1) is 10.6 Å². The van der Waals surface area contributed by atoms with Crippen molar-refractivity contribution in [3.05, 3.63) is 28.8 Å². The van der Waals surface area contributed by atoms with Gasteiger partial charge in [0.25, 0.3) is 5.91 Å². The van der Waals surface area contributed by atoms with Crippen molar-refractivity contribution in [1.29, 1.82) is 0 Å². The Morgan fingerprint density at radius 3 is 2.26 bits per heavy atom. The number of amides is 1. The molecule has 0 aromatic heterocycles. The summed E-state index contributed by atoms with van der Waals surface area (Å²) in [4.78, 5) is 26.8. The topological polar surface area (TPSA) is 84.0 Å². The molecule has 7 nitrogen and oxygen atoms in total. The molecule has 172 valence electrons. The van der Waals surface area contributed by atoms with E-state index in [9.17, 15) is 18.0 Å². The van der Waals surface area contributed by atoms with E-state index < -0.39 is 16.0 Å². The number of halogens is 1. The first-order valence-corrected chi connectivity index (χ1v) is 12.8. The van der Waals surface area contributed by atoms with Gasteiger partial charge in [-0.05, 0) is 64.2 Å². The van der Waals surface area contributed by atoms with Gasteiger partial charge in [-0.2, -0.15) is 4.31 Å². The molecule has 2 aliphatic heterocycles. The molecular weight excluding hydrogens is 440 g/mol. The van der Waals surface area contributed by atoms with Crippen molar-refractivity contribution < 1.29 is 22.7 Å². The molecule has 3 rings (SSSR count). The third-order valence-electron chi connectivity index (χ3n) is 6.16. The van der Waals surface area contributed by atoms with Gasteiger partial charge in [-0.1, -0.05) is 24.4 Å². The first-order valence-electron chi connectivity index (χ1n) is 11.0. The van der Waals surface area contributed by atoms with Crippen molar-refractivity contribution in [2.75, 3.05) is 19.7 Å². The Bertz CT molecular complexity index is 902. The second-order valence-electron chi connectivity index (χ2n) is 8.47. The van der Waals surface area contributed by atoms with Gasteiger partial charge < -0.3 is 9.64 Å². The van der Waals surface area contributed by atoms with Crippen LogP contribution in [0.5, 0.6) is 0 Å². The number of sulfonamides is 1. The predicted octanol–water partition coefficient (Wildman–Crippen LogP) is 3.85. The number of nitrogens with zero attached hydrogens (tertiary/aromatic N) is 2. The van der Waals surface area contributed by atoms with Crippen LogP contribution in [0, 0.1) is 0 Å². The van der Waals surface area contributed by atoms with Crippen molar-refractivity contribution >= 4 is 33.5 Å². The number of carbonyl (C=O) groups excluding carboxylic acids is 2. The van der Waals surface area contributed by atoms with Gasteiger partial charge in [-0.15, -0.1) is 0 Å². The summed E-state index contributed by atoms with van der Waals surface area (Å²) in [5.74, 6) is -0.978. The highest BCUT2D eigenvalue weighted by Gasteiger charge is 2.31. The number of benzene rings is 1. The van der Waals surface area contributed by atoms with E-state index in [0.29, 0.717) is 13.1 Å². The smallest absolute Gasteiger partial charge is 0.338 e. The van der Waals surface area contributed by atoms with Crippen LogP contribution in [0.3, 0.4) is 0 Å². The fraction of sp³-hybridized carbons (Fsp3) is 0.636. The van der Waals surface area contributed by atoms with Gasteiger partial charge in [0.15, 0.2) is 6.61 Å². The molecule has 9 heteroatoms. The average Bonchev–Trinajstić information content (AvgIpc) is 3.02. The summed E-state index contributed by atoms with van der Waals surface area (Å²) >= 11 is 6.19. The average molecular weight is 471 g/mol. The van der Waals surface area contributed by atoms with E-state index in [1.807, 2.05) is 13.8 Å². The fourth-order valence-electron chi connectivity index (χ4n) is 4.45. The Labute approximate surface area is 189 Å². The number of hydrogen-bond donors (Lipinski definition) is 0. The molecule has 0 radical (unpaired) electrons. The maximum Gasteiger partial charge on any atom is 0.338 e. The van der Waals surface area contributed by atoms with Crippen molar-refractivity contribution in [1.82, 2.24) is 9.21 Å². The van der Waals surface area contributed by atoms with Crippen LogP contribution in [0.15, 0.2) is 23.1 Å². The summed E-state index contributed by atoms with van der Waals surface area (Å²) in [6, 6.07) is 4.27. The van der Waals surface area contributed by atoms with Crippen LogP contribution < -0.4 is 0 Å². The normalized spacial score (nSPS) is 23.3. The fourth-order valence-corrected chi connectivity index (χ4v) is 6.46. The molecule has 0 unspecified atom stereocenters. The molecule has 2 aliphatic rings. The van der Waals surface area contributed by atoms with Gasteiger partial charge in [-0.25, -0.2) is 13.2 Å². The summed E-state index contributed by atoms with van der Waals surface area (Å²) in [6.07, 6.45) is 6.52. The first-order chi connectivity index (χ1) is 14.7. The zero-order valence-electron chi connectivity index (χ0n) is 18.2. The molecule has 1 amide bonds. The lowest BCUT2D eigenvalue weighted by Crippen LogP contribution is -2.49. The summed E-state index contributed by atoms with van der Waals surface area (Å²) in [5.41, 5.74) is 0.0605. The highest BCUT2D eigenvalue weighted by atomic mass is 35.5. The molecule has 2 fully saturated rings. The maximum absolute atomic E-state index is 13.1. The largest absolute Gasteiger partial charge is 0.452 e. The number of hydrogen-bond acceptors (Lipinski definition) is 5. The van der Waals surface area contributed by atoms with Crippen LogP contribution in [0.2, 0.25) is 5.02 Å². The quantitative estimate of drug-likeness (QED) is 0.610. The van der Waals surface area contributed by atoms with Gasteiger partial charge in [0.1, 0.15) is 4.90 Å². The SMILES string of the molecule is C[C@@H]1CCC[C@H](C)N1C(=O)COC(=O)c1ccc(Cl)c(S(=O)(=O)N2CCCCCC2)c1. The van der Waals surface area contributed by atoms with Crippen LogP contribution in [0.25, 0.3) is 0 Å². The Morgan fingerprint density at radius 1 is 1.03 bits per heavy atom. The number of piperidine rings is 1. The van der Waals surface area contributed by atoms with Crippen LogP contribution >= 0.6 is 11.6 Å². The van der Waals surface area contributed by atoms with Crippen molar-refractivity contribution in [3.8, 4) is 0 Å². The highest BCUT2D eigenvalue weighted by Crippen LogP contribution is 2.28. The lowest BCUT2D eigenvalue weighted by molar-refractivity contribution is -0.140. The Morgan fingerprint density at radius 2 is 1.65 bits per heavy atom. The molecule has 31 heavy (non-hydrogen) atoms. The van der Waals surface area contributed by atoms with Gasteiger partial charge >= 0.3 is 5.97 Å². The van der Waals surface area contributed by atoms with E-state index in [1.165, 1.54) is 22.5 Å². The van der Waals surface area contributed by atoms with Crippen LogP contribution in [-0.4, -0.2) is 61.3 Å². The van der Waals surface area contributed by atoms with Crippen LogP contribution in [0.4, 0.5) is 0 Å².